The maximum absolute atomic E-state index is 9.61. The topological polar surface area (TPSA) is 77.8 Å². The van der Waals surface area contributed by atoms with Crippen LogP contribution in [0.25, 0.3) is 5.82 Å². The van der Waals surface area contributed by atoms with Gasteiger partial charge in [0, 0.05) is 19.2 Å². The van der Waals surface area contributed by atoms with Gasteiger partial charge in [-0.2, -0.15) is 15.3 Å². The summed E-state index contributed by atoms with van der Waals surface area (Å²) in [5, 5.41) is 18.9. The van der Waals surface area contributed by atoms with E-state index >= 15 is 0 Å². The van der Waals surface area contributed by atoms with Gasteiger partial charge < -0.3 is 9.64 Å². The van der Waals surface area contributed by atoms with Crippen molar-refractivity contribution in [1.82, 2.24) is 15.2 Å². The molecule has 1 atom stereocenters. The number of anilines is 1. The lowest BCUT2D eigenvalue weighted by Gasteiger charge is -2.29. The molecule has 2 aliphatic heterocycles. The Hall–Kier alpha value is -2.22. The van der Waals surface area contributed by atoms with Gasteiger partial charge in [0.25, 0.3) is 5.07 Å². The van der Waals surface area contributed by atoms with Crippen molar-refractivity contribution in [3.8, 4) is 6.07 Å². The van der Waals surface area contributed by atoms with E-state index in [-0.39, 0.29) is 0 Å². The van der Waals surface area contributed by atoms with Crippen molar-refractivity contribution in [2.75, 3.05) is 31.2 Å². The summed E-state index contributed by atoms with van der Waals surface area (Å²) in [6.45, 7) is 7.05. The Morgan fingerprint density at radius 3 is 2.83 bits per heavy atom. The van der Waals surface area contributed by atoms with Crippen LogP contribution in [-0.4, -0.2) is 41.5 Å². The molecule has 24 heavy (non-hydrogen) atoms. The van der Waals surface area contributed by atoms with Crippen molar-refractivity contribution in [1.29, 1.82) is 5.26 Å². The number of aromatic nitrogens is 3. The first-order valence-electron chi connectivity index (χ1n) is 8.03. The second-order valence-corrected chi connectivity index (χ2v) is 8.45. The molecule has 0 aromatic carbocycles. The number of fused-ring (bicyclic) bond motifs is 1. The molecule has 0 spiro atoms. The predicted molar refractivity (Wildman–Crippen MR) is 94.0 cm³/mol. The quantitative estimate of drug-likeness (QED) is 0.851. The minimum absolute atomic E-state index is 0.542. The summed E-state index contributed by atoms with van der Waals surface area (Å²) in [5.41, 5.74) is 1.62. The van der Waals surface area contributed by atoms with Crippen LogP contribution in [-0.2, 0) is 10.2 Å². The molecule has 1 unspecified atom stereocenters. The summed E-state index contributed by atoms with van der Waals surface area (Å²) in [6, 6.07) is 6.53. The number of aromatic amines is 1. The number of rotatable bonds is 3. The fraction of sp³-hybridized carbons (Fsp3) is 0.412. The number of hydrogen-bond acceptors (Lipinski definition) is 5. The number of H-pyrrole nitrogens is 1. The fourth-order valence-corrected chi connectivity index (χ4v) is 4.91. The molecule has 0 aliphatic carbocycles. The van der Waals surface area contributed by atoms with E-state index in [0.29, 0.717) is 0 Å². The smallest absolute Gasteiger partial charge is 0.259 e. The van der Waals surface area contributed by atoms with Crippen LogP contribution < -0.4 is 15.6 Å². The normalized spacial score (nSPS) is 18.4. The number of nitrogens with zero attached hydrogens (tertiary/aromatic N) is 4. The molecule has 7 heteroatoms. The van der Waals surface area contributed by atoms with E-state index in [1.807, 2.05) is 19.9 Å². The molecule has 2 aliphatic rings. The van der Waals surface area contributed by atoms with Crippen LogP contribution in [0, 0.1) is 16.4 Å². The second kappa shape index (κ2) is 5.70. The Morgan fingerprint density at radius 2 is 2.17 bits per heavy atom. The zero-order chi connectivity index (χ0) is 16.7. The van der Waals surface area contributed by atoms with Crippen molar-refractivity contribution in [3.63, 3.8) is 0 Å². The number of nitrogens with one attached hydrogen (secondary N) is 1. The van der Waals surface area contributed by atoms with Gasteiger partial charge in [0.1, 0.15) is 11.6 Å². The van der Waals surface area contributed by atoms with Crippen LogP contribution in [0.5, 0.6) is 0 Å². The summed E-state index contributed by atoms with van der Waals surface area (Å²) >= 11 is 0. The van der Waals surface area contributed by atoms with E-state index in [4.69, 9.17) is 9.72 Å². The first kappa shape index (κ1) is 15.3. The van der Waals surface area contributed by atoms with Gasteiger partial charge in [-0.3, -0.25) is 0 Å². The third-order valence-corrected chi connectivity index (χ3v) is 6.63. The maximum atomic E-state index is 9.61. The Morgan fingerprint density at radius 1 is 1.38 bits per heavy atom. The molecule has 2 aromatic rings. The maximum Gasteiger partial charge on any atom is 0.259 e. The van der Waals surface area contributed by atoms with Gasteiger partial charge >= 0.3 is 0 Å². The van der Waals surface area contributed by atoms with Crippen LogP contribution in [0.3, 0.4) is 0 Å². The lowest BCUT2D eigenvalue weighted by molar-refractivity contribution is 0.122. The Labute approximate surface area is 141 Å². The average Bonchev–Trinajstić information content (AvgIpc) is 3.10. The van der Waals surface area contributed by atoms with E-state index in [1.165, 1.54) is 0 Å². The van der Waals surface area contributed by atoms with E-state index in [2.05, 4.69) is 33.0 Å². The van der Waals surface area contributed by atoms with Crippen LogP contribution >= 0.6 is 7.55 Å². The molecule has 0 radical (unpaired) electrons. The molecule has 4 rings (SSSR count). The Balaban J connectivity index is 1.91. The van der Waals surface area contributed by atoms with E-state index in [9.17, 15) is 5.26 Å². The highest BCUT2D eigenvalue weighted by Gasteiger charge is 2.33. The van der Waals surface area contributed by atoms with Crippen molar-refractivity contribution in [3.05, 3.63) is 34.2 Å². The zero-order valence-corrected chi connectivity index (χ0v) is 14.7. The van der Waals surface area contributed by atoms with Crippen LogP contribution in [0.15, 0.2) is 18.3 Å². The average molecular weight is 340 g/mol. The number of pyridine rings is 1. The number of morpholine rings is 1. The molecule has 2 aromatic heterocycles. The monoisotopic (exact) mass is 340 g/mol. The summed E-state index contributed by atoms with van der Waals surface area (Å²) in [7, 11) is -0.599. The van der Waals surface area contributed by atoms with E-state index in [0.717, 1.165) is 53.4 Å². The molecular formula is C17H19N5OP+. The lowest BCUT2D eigenvalue weighted by atomic mass is 9.86. The third kappa shape index (κ3) is 2.41. The molecular weight excluding hydrogens is 321 g/mol. The van der Waals surface area contributed by atoms with Crippen molar-refractivity contribution in [2.24, 2.45) is 0 Å². The molecule has 1 N–H and O–H groups in total. The van der Waals surface area contributed by atoms with Crippen LogP contribution in [0.1, 0.15) is 19.4 Å². The van der Waals surface area contributed by atoms with Crippen molar-refractivity contribution >= 4 is 24.6 Å². The molecule has 0 saturated carbocycles. The van der Waals surface area contributed by atoms with Crippen LogP contribution in [0.2, 0.25) is 0 Å². The zero-order valence-electron chi connectivity index (χ0n) is 13.8. The van der Waals surface area contributed by atoms with Gasteiger partial charge in [0.2, 0.25) is 13.0 Å². The van der Waals surface area contributed by atoms with Crippen molar-refractivity contribution < 1.29 is 4.74 Å². The lowest BCUT2D eigenvalue weighted by Crippen LogP contribution is -2.38. The predicted octanol–water partition coefficient (Wildman–Crippen LogP) is 1.25. The summed E-state index contributed by atoms with van der Waals surface area (Å²) in [5.74, 6) is 3.19. The minimum atomic E-state index is -0.599. The molecule has 0 bridgehead atoms. The van der Waals surface area contributed by atoms with Crippen LogP contribution in [0.4, 0.5) is 5.82 Å². The van der Waals surface area contributed by atoms with E-state index < -0.39 is 13.0 Å². The molecule has 1 saturated heterocycles. The minimum Gasteiger partial charge on any atom is -0.378 e. The second-order valence-electron chi connectivity index (χ2n) is 6.54. The van der Waals surface area contributed by atoms with Gasteiger partial charge in [-0.25, -0.2) is 5.10 Å². The highest BCUT2D eigenvalue weighted by atomic mass is 31.1. The van der Waals surface area contributed by atoms with E-state index in [1.54, 1.807) is 6.20 Å². The van der Waals surface area contributed by atoms with Gasteiger partial charge in [-0.05, 0) is 25.5 Å². The number of nitriles is 1. The number of ether oxygens (including phenoxy) is 1. The summed E-state index contributed by atoms with van der Waals surface area (Å²) in [6.07, 6.45) is 1.77. The third-order valence-electron chi connectivity index (χ3n) is 4.54. The molecule has 122 valence electrons. The van der Waals surface area contributed by atoms with Gasteiger partial charge in [-0.15, -0.1) is 0 Å². The SMILES string of the molecule is CC(C)(C#N)c1cc(N2CCOCC2)nc2c1=C[P+]=2c1ccn[nH]1. The standard InChI is InChI=1S/C17H19N5OP/c1-17(2,11-18)13-9-14(22-5-7-23-8-6-22)20-16-12(13)10-24(16)15-3-4-19-21-15/h3-4,9-10H,5-8H2,1-2H3,(H,19,21)/q+1. The summed E-state index contributed by atoms with van der Waals surface area (Å²) in [4.78, 5) is 7.19. The van der Waals surface area contributed by atoms with Gasteiger partial charge in [0.05, 0.1) is 36.1 Å². The largest absolute Gasteiger partial charge is 0.378 e. The Kier molecular flexibility index (Phi) is 3.64. The molecule has 1 fully saturated rings. The summed E-state index contributed by atoms with van der Waals surface area (Å²) < 4.78 is 5.45. The van der Waals surface area contributed by atoms with Gasteiger partial charge in [0.15, 0.2) is 0 Å². The highest BCUT2D eigenvalue weighted by Crippen LogP contribution is 2.35. The first-order chi connectivity index (χ1) is 11.6. The fourth-order valence-electron chi connectivity index (χ4n) is 3.06. The van der Waals surface area contributed by atoms with Gasteiger partial charge in [-0.1, -0.05) is 0 Å². The number of hydrogen-bond donors (Lipinski definition) is 1. The molecule has 0 amide bonds. The molecule has 4 heterocycles. The molecule has 6 nitrogen and oxygen atoms in total. The van der Waals surface area contributed by atoms with Crippen molar-refractivity contribution in [2.45, 2.75) is 19.3 Å². The first-order valence-corrected chi connectivity index (χ1v) is 9.44. The Bertz CT molecular complexity index is 937. The highest BCUT2D eigenvalue weighted by molar-refractivity contribution is 7.66.